The fraction of sp³-hybridized carbons (Fsp3) is 0.217. The van der Waals surface area contributed by atoms with Gasteiger partial charge in [0.1, 0.15) is 0 Å². The number of aryl methyl sites for hydroxylation is 1. The molecule has 0 amide bonds. The first kappa shape index (κ1) is 30.3. The van der Waals surface area contributed by atoms with Gasteiger partial charge in [-0.15, -0.1) is 0 Å². The fourth-order valence-corrected chi connectivity index (χ4v) is 8.63. The molecule has 8 rings (SSSR count). The first-order chi connectivity index (χ1) is 23.4. The lowest BCUT2D eigenvalue weighted by molar-refractivity contribution is 0.344. The Morgan fingerprint density at radius 2 is 1.35 bits per heavy atom. The molecule has 2 heteroatoms. The Bertz CT molecular complexity index is 2020. The van der Waals surface area contributed by atoms with Crippen LogP contribution in [0.5, 0.6) is 0 Å². The summed E-state index contributed by atoms with van der Waals surface area (Å²) in [6.07, 6.45) is 21.0. The highest BCUT2D eigenvalue weighted by molar-refractivity contribution is 5.87. The SMILES string of the molecule is CC1=CCC(N(C2=CC3=C(CC(C)(N(c4ccccc4)c4ccc(C)cc4)c4ccccc43)C3(C)C=CC=CC23)c2ccccc2)C=C1. The maximum absolute atomic E-state index is 2.62. The molecule has 48 heavy (non-hydrogen) atoms. The molecule has 4 unspecified atom stereocenters. The highest BCUT2D eigenvalue weighted by atomic mass is 15.2. The summed E-state index contributed by atoms with van der Waals surface area (Å²) in [5.41, 5.74) is 12.7. The quantitative estimate of drug-likeness (QED) is 0.211. The van der Waals surface area contributed by atoms with Crippen molar-refractivity contribution < 1.29 is 0 Å². The third-order valence-electron chi connectivity index (χ3n) is 11.1. The smallest absolute Gasteiger partial charge is 0.0718 e. The minimum Gasteiger partial charge on any atom is -0.337 e. The molecule has 4 aliphatic rings. The van der Waals surface area contributed by atoms with Crippen LogP contribution < -0.4 is 9.80 Å². The largest absolute Gasteiger partial charge is 0.337 e. The molecule has 0 saturated carbocycles. The van der Waals surface area contributed by atoms with E-state index in [1.165, 1.54) is 56.2 Å². The summed E-state index contributed by atoms with van der Waals surface area (Å²) in [7, 11) is 0. The molecule has 4 aliphatic carbocycles. The number of fused-ring (bicyclic) bond motifs is 4. The predicted molar refractivity (Wildman–Crippen MR) is 203 cm³/mol. The van der Waals surface area contributed by atoms with Gasteiger partial charge in [-0.05, 0) is 98.4 Å². The van der Waals surface area contributed by atoms with Crippen LogP contribution in [0.4, 0.5) is 17.1 Å². The third-order valence-corrected chi connectivity index (χ3v) is 11.1. The highest BCUT2D eigenvalue weighted by Gasteiger charge is 2.51. The second-order valence-corrected chi connectivity index (χ2v) is 14.3. The normalized spacial score (nSPS) is 25.4. The monoisotopic (exact) mass is 624 g/mol. The summed E-state index contributed by atoms with van der Waals surface area (Å²) in [5.74, 6) is 0.195. The molecule has 0 bridgehead atoms. The van der Waals surface area contributed by atoms with E-state index in [9.17, 15) is 0 Å². The molecule has 0 saturated heterocycles. The van der Waals surface area contributed by atoms with Crippen LogP contribution in [0.15, 0.2) is 175 Å². The zero-order chi connectivity index (χ0) is 32.9. The summed E-state index contributed by atoms with van der Waals surface area (Å²) < 4.78 is 0. The second-order valence-electron chi connectivity index (χ2n) is 14.3. The first-order valence-electron chi connectivity index (χ1n) is 17.4. The Morgan fingerprint density at radius 1 is 0.688 bits per heavy atom. The molecule has 0 heterocycles. The molecule has 0 aliphatic heterocycles. The van der Waals surface area contributed by atoms with Crippen molar-refractivity contribution in [2.75, 3.05) is 9.80 Å². The van der Waals surface area contributed by atoms with Crippen LogP contribution in [0.3, 0.4) is 0 Å². The molecular weight excluding hydrogens is 581 g/mol. The summed E-state index contributed by atoms with van der Waals surface area (Å²) in [5, 5.41) is 0. The zero-order valence-electron chi connectivity index (χ0n) is 28.5. The van der Waals surface area contributed by atoms with E-state index in [0.717, 1.165) is 12.8 Å². The molecule has 4 atom stereocenters. The van der Waals surface area contributed by atoms with Gasteiger partial charge in [-0.1, -0.05) is 133 Å². The number of anilines is 3. The van der Waals surface area contributed by atoms with Crippen molar-refractivity contribution in [2.45, 2.75) is 52.1 Å². The average Bonchev–Trinajstić information content (AvgIpc) is 3.12. The standard InChI is InChI=1S/C46H44N2/c1-33-22-26-36(27-23-33)47(35-15-7-5-8-16-35)44-31-40-39-19-11-12-20-41(39)46(4,32-43(40)45(3)30-14-13-21-42(44)45)48(37-17-9-6-10-18-37)38-28-24-34(2)25-29-38/h5-26,28-31,36,42H,27,32H2,1-4H3. The summed E-state index contributed by atoms with van der Waals surface area (Å²) in [6, 6.07) is 40.4. The molecule has 0 aromatic heterocycles. The van der Waals surface area contributed by atoms with Crippen molar-refractivity contribution in [3.63, 3.8) is 0 Å². The van der Waals surface area contributed by atoms with Crippen LogP contribution in [-0.4, -0.2) is 6.04 Å². The van der Waals surface area contributed by atoms with Crippen LogP contribution in [0, 0.1) is 18.3 Å². The van der Waals surface area contributed by atoms with E-state index in [0.29, 0.717) is 0 Å². The lowest BCUT2D eigenvalue weighted by atomic mass is 9.57. The van der Waals surface area contributed by atoms with E-state index in [1.807, 2.05) is 0 Å². The van der Waals surface area contributed by atoms with Gasteiger partial charge in [-0.25, -0.2) is 0 Å². The van der Waals surface area contributed by atoms with Crippen LogP contribution in [0.2, 0.25) is 0 Å². The lowest BCUT2D eigenvalue weighted by Crippen LogP contribution is -2.48. The van der Waals surface area contributed by atoms with Crippen LogP contribution in [-0.2, 0) is 5.54 Å². The van der Waals surface area contributed by atoms with Crippen molar-refractivity contribution in [3.8, 4) is 0 Å². The molecule has 4 aromatic rings. The van der Waals surface area contributed by atoms with Gasteiger partial charge in [0.15, 0.2) is 0 Å². The fourth-order valence-electron chi connectivity index (χ4n) is 8.63. The summed E-state index contributed by atoms with van der Waals surface area (Å²) >= 11 is 0. The average molecular weight is 625 g/mol. The summed E-state index contributed by atoms with van der Waals surface area (Å²) in [6.45, 7) is 9.31. The van der Waals surface area contributed by atoms with Crippen LogP contribution in [0.25, 0.3) is 5.57 Å². The van der Waals surface area contributed by atoms with Crippen molar-refractivity contribution in [1.29, 1.82) is 0 Å². The maximum Gasteiger partial charge on any atom is 0.0718 e. The number of rotatable bonds is 6. The Hall–Kier alpha value is -5.08. The Labute approximate surface area is 286 Å². The van der Waals surface area contributed by atoms with E-state index in [2.05, 4.69) is 195 Å². The second kappa shape index (κ2) is 11.9. The highest BCUT2D eigenvalue weighted by Crippen LogP contribution is 2.60. The van der Waals surface area contributed by atoms with Gasteiger partial charge in [0.2, 0.25) is 0 Å². The van der Waals surface area contributed by atoms with Gasteiger partial charge in [0.05, 0.1) is 11.6 Å². The molecule has 0 radical (unpaired) electrons. The van der Waals surface area contributed by atoms with Gasteiger partial charge in [-0.2, -0.15) is 0 Å². The van der Waals surface area contributed by atoms with Gasteiger partial charge in [0.25, 0.3) is 0 Å². The number of allylic oxidation sites excluding steroid dienone is 8. The van der Waals surface area contributed by atoms with Crippen molar-refractivity contribution >= 4 is 22.6 Å². The maximum atomic E-state index is 2.62. The molecule has 0 fully saturated rings. The van der Waals surface area contributed by atoms with Crippen LogP contribution in [0.1, 0.15) is 50.3 Å². The molecule has 0 spiro atoms. The predicted octanol–water partition coefficient (Wildman–Crippen LogP) is 11.6. The minimum absolute atomic E-state index is 0.195. The van der Waals surface area contributed by atoms with E-state index >= 15 is 0 Å². The number of hydrogen-bond acceptors (Lipinski definition) is 2. The van der Waals surface area contributed by atoms with E-state index in [1.54, 1.807) is 0 Å². The Morgan fingerprint density at radius 3 is 2.06 bits per heavy atom. The lowest BCUT2D eigenvalue weighted by Gasteiger charge is -2.54. The number of nitrogens with zero attached hydrogens (tertiary/aromatic N) is 2. The van der Waals surface area contributed by atoms with Gasteiger partial charge in [0, 0.05) is 34.1 Å². The van der Waals surface area contributed by atoms with E-state index in [4.69, 9.17) is 0 Å². The topological polar surface area (TPSA) is 6.48 Å². The van der Waals surface area contributed by atoms with Gasteiger partial charge < -0.3 is 9.80 Å². The third kappa shape index (κ3) is 4.94. The number of hydrogen-bond donors (Lipinski definition) is 0. The van der Waals surface area contributed by atoms with Gasteiger partial charge >= 0.3 is 0 Å². The summed E-state index contributed by atoms with van der Waals surface area (Å²) in [4.78, 5) is 5.21. The van der Waals surface area contributed by atoms with Crippen LogP contribution >= 0.6 is 0 Å². The number of para-hydroxylation sites is 2. The zero-order valence-corrected chi connectivity index (χ0v) is 28.5. The molecule has 238 valence electrons. The first-order valence-corrected chi connectivity index (χ1v) is 17.4. The molecular formula is C46H44N2. The Kier molecular flexibility index (Phi) is 7.48. The Balaban J connectivity index is 1.36. The molecule has 4 aromatic carbocycles. The van der Waals surface area contributed by atoms with Gasteiger partial charge in [-0.3, -0.25) is 0 Å². The molecule has 0 N–H and O–H groups in total. The number of benzene rings is 4. The van der Waals surface area contributed by atoms with Crippen molar-refractivity contribution in [1.82, 2.24) is 0 Å². The van der Waals surface area contributed by atoms with E-state index in [-0.39, 0.29) is 22.9 Å². The van der Waals surface area contributed by atoms with E-state index < -0.39 is 0 Å². The van der Waals surface area contributed by atoms with Crippen molar-refractivity contribution in [3.05, 3.63) is 191 Å². The minimum atomic E-state index is -0.326. The van der Waals surface area contributed by atoms with Crippen molar-refractivity contribution in [2.24, 2.45) is 11.3 Å². The molecule has 2 nitrogen and oxygen atoms in total.